The number of thioether (sulfide) groups is 1. The predicted octanol–water partition coefficient (Wildman–Crippen LogP) is 4.75. The van der Waals surface area contributed by atoms with Crippen LogP contribution in [-0.4, -0.2) is 34.3 Å². The van der Waals surface area contributed by atoms with Crippen molar-refractivity contribution in [3.8, 4) is 0 Å². The van der Waals surface area contributed by atoms with Crippen molar-refractivity contribution >= 4 is 17.7 Å². The molecule has 1 aliphatic carbocycles. The summed E-state index contributed by atoms with van der Waals surface area (Å²) in [6.45, 7) is 7.01. The fourth-order valence-electron chi connectivity index (χ4n) is 2.98. The van der Waals surface area contributed by atoms with Crippen molar-refractivity contribution in [1.29, 1.82) is 0 Å². The minimum atomic E-state index is -4.53. The lowest BCUT2D eigenvalue weighted by molar-refractivity contribution is -0.199. The number of carbonyl (C=O) groups is 1. The van der Waals surface area contributed by atoms with E-state index in [1.54, 1.807) is 52.0 Å². The van der Waals surface area contributed by atoms with Crippen LogP contribution in [0.5, 0.6) is 0 Å². The maximum absolute atomic E-state index is 13.7. The van der Waals surface area contributed by atoms with Gasteiger partial charge in [0.25, 0.3) is 0 Å². The van der Waals surface area contributed by atoms with Gasteiger partial charge >= 0.3 is 6.18 Å². The summed E-state index contributed by atoms with van der Waals surface area (Å²) in [6, 6.07) is 8.42. The molecule has 0 radical (unpaired) electrons. The number of benzene rings is 1. The zero-order valence-electron chi connectivity index (χ0n) is 13.7. The molecule has 128 valence electrons. The van der Waals surface area contributed by atoms with Crippen molar-refractivity contribution < 1.29 is 18.0 Å². The number of rotatable bonds is 5. The summed E-state index contributed by atoms with van der Waals surface area (Å²) in [6.07, 6.45) is -4.68. The molecule has 0 N–H and O–H groups in total. The van der Waals surface area contributed by atoms with Crippen LogP contribution in [0, 0.1) is 5.41 Å². The average Bonchev–Trinajstić information content (AvgIpc) is 3.14. The molecule has 2 rings (SSSR count). The highest BCUT2D eigenvalue weighted by atomic mass is 32.2. The second-order valence-electron chi connectivity index (χ2n) is 6.49. The zero-order chi connectivity index (χ0) is 17.4. The Kier molecular flexibility index (Phi) is 5.04. The lowest BCUT2D eigenvalue weighted by Crippen LogP contribution is -2.51. The van der Waals surface area contributed by atoms with E-state index in [1.165, 1.54) is 4.90 Å². The fourth-order valence-corrected chi connectivity index (χ4v) is 4.40. The first kappa shape index (κ1) is 18.2. The van der Waals surface area contributed by atoms with Crippen molar-refractivity contribution in [1.82, 2.24) is 4.90 Å². The number of carbonyl (C=O) groups excluding carboxylic acids is 1. The van der Waals surface area contributed by atoms with Crippen LogP contribution >= 0.6 is 11.8 Å². The second-order valence-corrected chi connectivity index (χ2v) is 7.77. The quantitative estimate of drug-likeness (QED) is 0.768. The molecule has 0 unspecified atom stereocenters. The van der Waals surface area contributed by atoms with Gasteiger partial charge in [0.2, 0.25) is 5.91 Å². The minimum absolute atomic E-state index is 0.148. The van der Waals surface area contributed by atoms with E-state index in [1.807, 2.05) is 6.07 Å². The molecule has 1 aliphatic rings. The number of hydrogen-bond donors (Lipinski definition) is 0. The van der Waals surface area contributed by atoms with E-state index >= 15 is 0 Å². The molecule has 0 bridgehead atoms. The van der Waals surface area contributed by atoms with Gasteiger partial charge in [-0.2, -0.15) is 13.2 Å². The van der Waals surface area contributed by atoms with Crippen LogP contribution in [-0.2, 0) is 4.79 Å². The maximum Gasteiger partial charge on any atom is 0.404 e. The molecule has 1 aromatic carbocycles. The van der Waals surface area contributed by atoms with Crippen LogP contribution in [0.4, 0.5) is 13.2 Å². The van der Waals surface area contributed by atoms with E-state index in [2.05, 4.69) is 0 Å². The van der Waals surface area contributed by atoms with Crippen molar-refractivity contribution in [2.75, 3.05) is 0 Å². The lowest BCUT2D eigenvalue weighted by atomic mass is 10.0. The standard InChI is InChI=1S/C17H22F3NOS/c1-11(2)21(12(3)4)15(22)16(17(18,19)20)10-14(16)23-13-8-6-5-7-9-13/h5-9,11-12,14H,10H2,1-4H3/t14-,16-/m0/s1. The molecule has 1 saturated carbocycles. The first-order valence-corrected chi connectivity index (χ1v) is 8.60. The summed E-state index contributed by atoms with van der Waals surface area (Å²) in [5.41, 5.74) is -2.25. The van der Waals surface area contributed by atoms with Gasteiger partial charge in [-0.15, -0.1) is 11.8 Å². The van der Waals surface area contributed by atoms with Crippen molar-refractivity contribution in [3.05, 3.63) is 30.3 Å². The number of alkyl halides is 3. The van der Waals surface area contributed by atoms with Crippen LogP contribution in [0.1, 0.15) is 34.1 Å². The van der Waals surface area contributed by atoms with E-state index in [9.17, 15) is 18.0 Å². The largest absolute Gasteiger partial charge is 0.404 e. The third-order valence-electron chi connectivity index (χ3n) is 4.15. The van der Waals surface area contributed by atoms with Crippen LogP contribution in [0.25, 0.3) is 0 Å². The zero-order valence-corrected chi connectivity index (χ0v) is 14.5. The van der Waals surface area contributed by atoms with E-state index in [4.69, 9.17) is 0 Å². The molecule has 6 heteroatoms. The molecule has 1 amide bonds. The minimum Gasteiger partial charge on any atom is -0.337 e. The molecule has 0 aromatic heterocycles. The van der Waals surface area contributed by atoms with E-state index in [-0.39, 0.29) is 18.5 Å². The molecular weight excluding hydrogens is 323 g/mol. The Labute approximate surface area is 139 Å². The Bertz CT molecular complexity index is 551. The number of hydrogen-bond acceptors (Lipinski definition) is 2. The highest BCUT2D eigenvalue weighted by molar-refractivity contribution is 8.00. The van der Waals surface area contributed by atoms with Gasteiger partial charge in [-0.25, -0.2) is 0 Å². The van der Waals surface area contributed by atoms with Gasteiger partial charge in [-0.3, -0.25) is 4.79 Å². The molecular formula is C17H22F3NOS. The maximum atomic E-state index is 13.7. The lowest BCUT2D eigenvalue weighted by Gasteiger charge is -2.35. The topological polar surface area (TPSA) is 20.3 Å². The van der Waals surface area contributed by atoms with Gasteiger partial charge in [0, 0.05) is 22.2 Å². The number of amides is 1. The molecule has 0 heterocycles. The van der Waals surface area contributed by atoms with Crippen LogP contribution in [0.2, 0.25) is 0 Å². The van der Waals surface area contributed by atoms with Gasteiger partial charge in [0.15, 0.2) is 5.41 Å². The predicted molar refractivity (Wildman–Crippen MR) is 86.3 cm³/mol. The van der Waals surface area contributed by atoms with Crippen molar-refractivity contribution in [2.45, 2.75) is 62.5 Å². The van der Waals surface area contributed by atoms with Crippen molar-refractivity contribution in [3.63, 3.8) is 0 Å². The summed E-state index contributed by atoms with van der Waals surface area (Å²) in [5.74, 6) is -0.788. The Morgan fingerprint density at radius 1 is 1.17 bits per heavy atom. The van der Waals surface area contributed by atoms with Crippen LogP contribution < -0.4 is 0 Å². The summed E-state index contributed by atoms with van der Waals surface area (Å²) in [4.78, 5) is 14.9. The third kappa shape index (κ3) is 3.37. The summed E-state index contributed by atoms with van der Waals surface area (Å²) < 4.78 is 41.2. The molecule has 0 spiro atoms. The Balaban J connectivity index is 2.28. The van der Waals surface area contributed by atoms with E-state index in [0.717, 1.165) is 16.7 Å². The molecule has 0 aliphatic heterocycles. The number of nitrogens with zero attached hydrogens (tertiary/aromatic N) is 1. The molecule has 2 nitrogen and oxygen atoms in total. The molecule has 0 saturated heterocycles. The van der Waals surface area contributed by atoms with Gasteiger partial charge in [0.1, 0.15) is 0 Å². The van der Waals surface area contributed by atoms with E-state index in [0.29, 0.717) is 0 Å². The first-order chi connectivity index (χ1) is 10.6. The smallest absolute Gasteiger partial charge is 0.337 e. The van der Waals surface area contributed by atoms with Gasteiger partial charge in [-0.1, -0.05) is 18.2 Å². The Hall–Kier alpha value is -1.17. The molecule has 1 fully saturated rings. The van der Waals surface area contributed by atoms with Crippen molar-refractivity contribution in [2.24, 2.45) is 5.41 Å². The summed E-state index contributed by atoms with van der Waals surface area (Å²) in [7, 11) is 0. The van der Waals surface area contributed by atoms with Crippen LogP contribution in [0.3, 0.4) is 0 Å². The highest BCUT2D eigenvalue weighted by Crippen LogP contribution is 2.65. The normalized spacial score (nSPS) is 24.1. The second kappa shape index (κ2) is 6.38. The molecule has 23 heavy (non-hydrogen) atoms. The SMILES string of the molecule is CC(C)N(C(=O)[C@]1(C(F)(F)F)C[C@@H]1Sc1ccccc1)C(C)C. The Morgan fingerprint density at radius 2 is 1.70 bits per heavy atom. The Morgan fingerprint density at radius 3 is 2.13 bits per heavy atom. The highest BCUT2D eigenvalue weighted by Gasteiger charge is 2.76. The van der Waals surface area contributed by atoms with E-state index < -0.39 is 22.7 Å². The fraction of sp³-hybridized carbons (Fsp3) is 0.588. The summed E-state index contributed by atoms with van der Waals surface area (Å²) >= 11 is 1.15. The van der Waals surface area contributed by atoms with Crippen LogP contribution in [0.15, 0.2) is 35.2 Å². The number of halogens is 3. The van der Waals surface area contributed by atoms with Gasteiger partial charge in [-0.05, 0) is 46.2 Å². The average molecular weight is 345 g/mol. The monoisotopic (exact) mass is 345 g/mol. The molecule has 1 aromatic rings. The molecule has 2 atom stereocenters. The van der Waals surface area contributed by atoms with Gasteiger partial charge in [0.05, 0.1) is 0 Å². The summed E-state index contributed by atoms with van der Waals surface area (Å²) in [5, 5.41) is -0.752. The third-order valence-corrected chi connectivity index (χ3v) is 5.55. The first-order valence-electron chi connectivity index (χ1n) is 7.72. The van der Waals surface area contributed by atoms with Gasteiger partial charge < -0.3 is 4.90 Å².